The first-order chi connectivity index (χ1) is 19.8. The number of rotatable bonds is 12. The Kier molecular flexibility index (Phi) is 8.59. The number of halogens is 1. The van der Waals surface area contributed by atoms with Crippen molar-refractivity contribution in [1.29, 1.82) is 0 Å². The summed E-state index contributed by atoms with van der Waals surface area (Å²) in [5.74, 6) is -1.67. The number of ether oxygens (including phenoxy) is 2. The van der Waals surface area contributed by atoms with Crippen LogP contribution in [0.4, 0.5) is 11.4 Å². The van der Waals surface area contributed by atoms with E-state index >= 15 is 0 Å². The normalized spacial score (nSPS) is 28.0. The van der Waals surface area contributed by atoms with Crippen LogP contribution in [0.2, 0.25) is 5.02 Å². The number of nitrogens with one attached hydrogen (secondary N) is 2. The number of carbonyl (C=O) groups is 3. The number of aliphatic hydroxyl groups is 1. The number of amides is 3. The summed E-state index contributed by atoms with van der Waals surface area (Å²) >= 11 is 6.03. The van der Waals surface area contributed by atoms with Crippen molar-refractivity contribution in [2.45, 2.75) is 69.6 Å². The molecule has 3 aliphatic heterocycles. The van der Waals surface area contributed by atoms with Crippen LogP contribution in [0.5, 0.6) is 5.75 Å². The van der Waals surface area contributed by atoms with Crippen LogP contribution in [-0.2, 0) is 19.1 Å². The van der Waals surface area contributed by atoms with Crippen LogP contribution >= 0.6 is 11.6 Å². The Hall–Kier alpha value is -3.14. The molecule has 5 rings (SSSR count). The largest absolute Gasteiger partial charge is 0.494 e. The first kappa shape index (κ1) is 29.4. The zero-order chi connectivity index (χ0) is 29.2. The molecule has 9 nitrogen and oxygen atoms in total. The predicted molar refractivity (Wildman–Crippen MR) is 156 cm³/mol. The van der Waals surface area contributed by atoms with E-state index in [0.717, 1.165) is 0 Å². The maximum atomic E-state index is 14.2. The second kappa shape index (κ2) is 12.0. The molecule has 2 bridgehead atoms. The van der Waals surface area contributed by atoms with Crippen molar-refractivity contribution in [2.24, 2.45) is 11.8 Å². The van der Waals surface area contributed by atoms with E-state index in [-0.39, 0.29) is 24.3 Å². The molecule has 3 N–H and O–H groups in total. The van der Waals surface area contributed by atoms with Crippen LogP contribution in [0.25, 0.3) is 0 Å². The molecule has 2 aromatic rings. The standard InChI is InChI=1S/C31H38ClN3O6/c1-3-30-16-17-31(41-30)25(24(30)27(37)33-22-12-14-23(15-13-22)40-4-2)29(39)35(18-6-5-7-19-36)26(31)28(38)34-21-10-8-20(32)9-11-21/h8-15,24-26,36H,3-7,16-19H2,1-2H3,(H,33,37)(H,34,38)/t24-,25+,26?,30+,31?/m1/s1. The van der Waals surface area contributed by atoms with Crippen molar-refractivity contribution in [1.82, 2.24) is 4.90 Å². The van der Waals surface area contributed by atoms with Gasteiger partial charge in [-0.3, -0.25) is 14.4 Å². The number of aliphatic hydroxyl groups excluding tert-OH is 1. The summed E-state index contributed by atoms with van der Waals surface area (Å²) in [7, 11) is 0. The fourth-order valence-electron chi connectivity index (χ4n) is 6.99. The average Bonchev–Trinajstić information content (AvgIpc) is 3.57. The molecule has 0 aromatic heterocycles. The van der Waals surface area contributed by atoms with E-state index < -0.39 is 29.1 Å². The third-order valence-electron chi connectivity index (χ3n) is 8.81. The van der Waals surface area contributed by atoms with Crippen molar-refractivity contribution < 1.29 is 29.0 Å². The molecular weight excluding hydrogens is 546 g/mol. The number of benzene rings is 2. The Labute approximate surface area is 245 Å². The minimum absolute atomic E-state index is 0.0664. The van der Waals surface area contributed by atoms with Gasteiger partial charge in [-0.15, -0.1) is 0 Å². The maximum Gasteiger partial charge on any atom is 0.250 e. The van der Waals surface area contributed by atoms with Gasteiger partial charge >= 0.3 is 0 Å². The van der Waals surface area contributed by atoms with Gasteiger partial charge in [0, 0.05) is 29.5 Å². The maximum absolute atomic E-state index is 14.2. The molecule has 1 spiro atoms. The molecular formula is C31H38ClN3O6. The van der Waals surface area contributed by atoms with Crippen LogP contribution in [0, 0.1) is 11.8 Å². The van der Waals surface area contributed by atoms with Gasteiger partial charge in [0.05, 0.1) is 24.0 Å². The molecule has 2 aromatic carbocycles. The van der Waals surface area contributed by atoms with Crippen molar-refractivity contribution in [3.05, 3.63) is 53.6 Å². The number of likely N-dealkylation sites (tertiary alicyclic amines) is 1. The van der Waals surface area contributed by atoms with Crippen LogP contribution in [0.1, 0.15) is 52.4 Å². The summed E-state index contributed by atoms with van der Waals surface area (Å²) in [5.41, 5.74) is -0.780. The molecule has 0 radical (unpaired) electrons. The number of anilines is 2. The third-order valence-corrected chi connectivity index (χ3v) is 9.07. The zero-order valence-corrected chi connectivity index (χ0v) is 24.3. The Balaban J connectivity index is 1.45. The molecule has 41 heavy (non-hydrogen) atoms. The lowest BCUT2D eigenvalue weighted by Gasteiger charge is -2.34. The lowest BCUT2D eigenvalue weighted by molar-refractivity contribution is -0.144. The lowest BCUT2D eigenvalue weighted by Crippen LogP contribution is -2.53. The third kappa shape index (κ3) is 5.31. The van der Waals surface area contributed by atoms with Crippen LogP contribution in [0.15, 0.2) is 48.5 Å². The molecule has 3 saturated heterocycles. The summed E-state index contributed by atoms with van der Waals surface area (Å²) in [6, 6.07) is 13.1. The van der Waals surface area contributed by atoms with Gasteiger partial charge < -0.3 is 30.1 Å². The summed E-state index contributed by atoms with van der Waals surface area (Å²) in [4.78, 5) is 43.7. The van der Waals surface area contributed by atoms with E-state index in [9.17, 15) is 19.5 Å². The molecule has 10 heteroatoms. The minimum Gasteiger partial charge on any atom is -0.494 e. The SMILES string of the molecule is CCOc1ccc(NC(=O)[C@H]2[C@H]3C(=O)N(CCCCCO)C(C(=O)Nc4ccc(Cl)cc4)C34CC[C@]2(CC)O4)cc1. The topological polar surface area (TPSA) is 117 Å². The Morgan fingerprint density at radius 1 is 1.00 bits per heavy atom. The number of nitrogens with zero attached hydrogens (tertiary/aromatic N) is 1. The Morgan fingerprint density at radius 2 is 1.66 bits per heavy atom. The Bertz CT molecular complexity index is 1270. The van der Waals surface area contributed by atoms with Gasteiger partial charge in [-0.1, -0.05) is 18.5 Å². The molecule has 220 valence electrons. The van der Waals surface area contributed by atoms with E-state index in [1.165, 1.54) is 0 Å². The second-order valence-corrected chi connectivity index (χ2v) is 11.5. The van der Waals surface area contributed by atoms with E-state index in [4.69, 9.17) is 21.1 Å². The lowest BCUT2D eigenvalue weighted by atomic mass is 9.65. The van der Waals surface area contributed by atoms with Crippen molar-refractivity contribution >= 4 is 40.7 Å². The number of hydrogen-bond donors (Lipinski definition) is 3. The first-order valence-corrected chi connectivity index (χ1v) is 14.9. The summed E-state index contributed by atoms with van der Waals surface area (Å²) in [6.07, 6.45) is 3.59. The number of hydrogen-bond acceptors (Lipinski definition) is 6. The molecule has 0 saturated carbocycles. The monoisotopic (exact) mass is 583 g/mol. The van der Waals surface area contributed by atoms with Crippen LogP contribution in [0.3, 0.4) is 0 Å². The van der Waals surface area contributed by atoms with Gasteiger partial charge in [-0.05, 0) is 94.0 Å². The van der Waals surface area contributed by atoms with Gasteiger partial charge in [-0.2, -0.15) is 0 Å². The number of unbranched alkanes of at least 4 members (excludes halogenated alkanes) is 2. The van der Waals surface area contributed by atoms with Gasteiger partial charge in [0.1, 0.15) is 17.4 Å². The number of fused-ring (bicyclic) bond motifs is 1. The fourth-order valence-corrected chi connectivity index (χ4v) is 7.12. The minimum atomic E-state index is -1.11. The van der Waals surface area contributed by atoms with Gasteiger partial charge in [0.25, 0.3) is 0 Å². The molecule has 2 unspecified atom stereocenters. The smallest absolute Gasteiger partial charge is 0.250 e. The second-order valence-electron chi connectivity index (χ2n) is 11.1. The van der Waals surface area contributed by atoms with E-state index in [2.05, 4.69) is 10.6 Å². The molecule has 3 heterocycles. The summed E-state index contributed by atoms with van der Waals surface area (Å²) in [5, 5.41) is 15.8. The summed E-state index contributed by atoms with van der Waals surface area (Å²) < 4.78 is 12.3. The fraction of sp³-hybridized carbons (Fsp3) is 0.516. The molecule has 3 aliphatic rings. The van der Waals surface area contributed by atoms with Gasteiger partial charge in [0.15, 0.2) is 0 Å². The van der Waals surface area contributed by atoms with Crippen LogP contribution < -0.4 is 15.4 Å². The van der Waals surface area contributed by atoms with E-state index in [0.29, 0.717) is 73.8 Å². The average molecular weight is 584 g/mol. The molecule has 5 atom stereocenters. The molecule has 0 aliphatic carbocycles. The van der Waals surface area contributed by atoms with E-state index in [1.54, 1.807) is 53.4 Å². The highest BCUT2D eigenvalue weighted by atomic mass is 35.5. The van der Waals surface area contributed by atoms with E-state index in [1.807, 2.05) is 13.8 Å². The summed E-state index contributed by atoms with van der Waals surface area (Å²) in [6.45, 7) is 4.82. The molecule has 3 fully saturated rings. The Morgan fingerprint density at radius 3 is 2.29 bits per heavy atom. The quantitative estimate of drug-likeness (QED) is 0.314. The zero-order valence-electron chi connectivity index (χ0n) is 23.5. The highest BCUT2D eigenvalue weighted by Crippen LogP contribution is 2.64. The van der Waals surface area contributed by atoms with Gasteiger partial charge in [0.2, 0.25) is 17.7 Å². The van der Waals surface area contributed by atoms with Gasteiger partial charge in [-0.25, -0.2) is 0 Å². The highest BCUT2D eigenvalue weighted by Gasteiger charge is 2.78. The van der Waals surface area contributed by atoms with Crippen LogP contribution in [-0.4, -0.2) is 64.7 Å². The predicted octanol–water partition coefficient (Wildman–Crippen LogP) is 4.63. The molecule has 3 amide bonds. The van der Waals surface area contributed by atoms with Crippen molar-refractivity contribution in [2.75, 3.05) is 30.4 Å². The van der Waals surface area contributed by atoms with Crippen molar-refractivity contribution in [3.8, 4) is 5.75 Å². The number of carbonyl (C=O) groups excluding carboxylic acids is 3. The highest BCUT2D eigenvalue weighted by molar-refractivity contribution is 6.30. The van der Waals surface area contributed by atoms with Crippen molar-refractivity contribution in [3.63, 3.8) is 0 Å². The first-order valence-electron chi connectivity index (χ1n) is 14.5.